The number of H-pyrrole nitrogens is 1. The molecule has 8 nitrogen and oxygen atoms in total. The smallest absolute Gasteiger partial charge is 0.226 e. The third kappa shape index (κ3) is 3.27. The Hall–Kier alpha value is -3.55. The molecule has 0 unspecified atom stereocenters. The molecule has 0 spiro atoms. The van der Waals surface area contributed by atoms with Crippen LogP contribution in [0.4, 0.5) is 0 Å². The fourth-order valence-corrected chi connectivity index (χ4v) is 1.94. The van der Waals surface area contributed by atoms with E-state index in [0.29, 0.717) is 11.5 Å². The van der Waals surface area contributed by atoms with Crippen LogP contribution in [0.1, 0.15) is 16.2 Å². The number of hydrogen-bond acceptors (Lipinski definition) is 7. The minimum absolute atomic E-state index is 0.0142. The van der Waals surface area contributed by atoms with Crippen LogP contribution in [0.3, 0.4) is 0 Å². The first-order valence-electron chi connectivity index (χ1n) is 6.86. The lowest BCUT2D eigenvalue weighted by molar-refractivity contribution is 0.103. The lowest BCUT2D eigenvalue weighted by atomic mass is 10.2. The summed E-state index contributed by atoms with van der Waals surface area (Å²) in [6.07, 6.45) is 4.80. The maximum absolute atomic E-state index is 11.9. The molecule has 0 aliphatic carbocycles. The second-order valence-corrected chi connectivity index (χ2v) is 4.66. The van der Waals surface area contributed by atoms with Crippen LogP contribution in [-0.4, -0.2) is 33.2 Å². The predicted molar refractivity (Wildman–Crippen MR) is 83.1 cm³/mol. The van der Waals surface area contributed by atoms with Gasteiger partial charge < -0.3 is 19.0 Å². The Kier molecular flexibility index (Phi) is 4.28. The molecule has 24 heavy (non-hydrogen) atoms. The van der Waals surface area contributed by atoms with Crippen molar-refractivity contribution < 1.29 is 23.8 Å². The maximum Gasteiger partial charge on any atom is 0.226 e. The van der Waals surface area contributed by atoms with Gasteiger partial charge in [0.2, 0.25) is 5.78 Å². The van der Waals surface area contributed by atoms with E-state index in [4.69, 9.17) is 13.9 Å². The Balaban J connectivity index is 1.83. The van der Waals surface area contributed by atoms with Gasteiger partial charge in [-0.1, -0.05) is 6.07 Å². The summed E-state index contributed by atoms with van der Waals surface area (Å²) in [7, 11) is 1.55. The van der Waals surface area contributed by atoms with Crippen LogP contribution in [0.2, 0.25) is 0 Å². The number of hydrogen-bond donors (Lipinski definition) is 2. The number of rotatable bonds is 6. The zero-order valence-electron chi connectivity index (χ0n) is 12.6. The molecule has 0 bridgehead atoms. The monoisotopic (exact) mass is 327 g/mol. The van der Waals surface area contributed by atoms with Crippen LogP contribution in [0.5, 0.6) is 17.2 Å². The van der Waals surface area contributed by atoms with Gasteiger partial charge in [0.1, 0.15) is 36.1 Å². The van der Waals surface area contributed by atoms with Gasteiger partial charge in [0.25, 0.3) is 0 Å². The number of carbonyl (C=O) groups is 1. The van der Waals surface area contributed by atoms with Crippen LogP contribution < -0.4 is 9.47 Å². The van der Waals surface area contributed by atoms with E-state index in [9.17, 15) is 9.90 Å². The van der Waals surface area contributed by atoms with E-state index in [2.05, 4.69) is 15.2 Å². The van der Waals surface area contributed by atoms with E-state index < -0.39 is 5.78 Å². The van der Waals surface area contributed by atoms with Crippen LogP contribution in [0.25, 0.3) is 5.76 Å². The molecule has 3 rings (SSSR count). The molecule has 2 heterocycles. The van der Waals surface area contributed by atoms with Crippen molar-refractivity contribution in [2.24, 2.45) is 0 Å². The average Bonchev–Trinajstić information content (AvgIpc) is 3.26. The van der Waals surface area contributed by atoms with Crippen molar-refractivity contribution in [2.75, 3.05) is 7.11 Å². The molecule has 0 saturated heterocycles. The topological polar surface area (TPSA) is 110 Å². The molecule has 0 fully saturated rings. The Labute approximate surface area is 136 Å². The van der Waals surface area contributed by atoms with Gasteiger partial charge in [0, 0.05) is 12.1 Å². The van der Waals surface area contributed by atoms with Crippen LogP contribution in [-0.2, 0) is 0 Å². The molecule has 2 N–H and O–H groups in total. The number of furan rings is 1. The number of nitrogens with zero attached hydrogens (tertiary/aromatic N) is 2. The van der Waals surface area contributed by atoms with Crippen molar-refractivity contribution in [3.8, 4) is 17.2 Å². The fraction of sp³-hybridized carbons (Fsp3) is 0.0625. The second kappa shape index (κ2) is 6.69. The predicted octanol–water partition coefficient (Wildman–Crippen LogP) is 2.98. The summed E-state index contributed by atoms with van der Waals surface area (Å²) >= 11 is 0. The molecular formula is C16H13N3O5. The number of aromatic amines is 1. The number of nitrogens with one attached hydrogen (secondary N) is 1. The Bertz CT molecular complexity index is 867. The number of ketones is 1. The number of aliphatic hydroxyl groups is 1. The van der Waals surface area contributed by atoms with Crippen molar-refractivity contribution >= 4 is 11.5 Å². The molecule has 122 valence electrons. The molecule has 8 heteroatoms. The van der Waals surface area contributed by atoms with Gasteiger partial charge in [-0.2, -0.15) is 5.10 Å². The summed E-state index contributed by atoms with van der Waals surface area (Å²) < 4.78 is 15.8. The molecule has 0 saturated carbocycles. The molecule has 0 atom stereocenters. The quantitative estimate of drug-likeness (QED) is 0.407. The standard InChI is InChI=1S/C16H13N3O5/c1-22-10-3-2-4-11(5-10)24-15-8-23-7-12(15)13(20)6-14(21)16-17-9-18-19-16/h2-9,20H,1H3,(H,17,18,19). The highest BCUT2D eigenvalue weighted by atomic mass is 16.5. The van der Waals surface area contributed by atoms with Crippen molar-refractivity contribution in [1.82, 2.24) is 15.2 Å². The van der Waals surface area contributed by atoms with Gasteiger partial charge in [-0.05, 0) is 12.1 Å². The zero-order chi connectivity index (χ0) is 16.9. The van der Waals surface area contributed by atoms with Gasteiger partial charge in [-0.25, -0.2) is 4.98 Å². The second-order valence-electron chi connectivity index (χ2n) is 4.66. The summed E-state index contributed by atoms with van der Waals surface area (Å²) in [5, 5.41) is 16.2. The first-order chi connectivity index (χ1) is 11.7. The highest BCUT2D eigenvalue weighted by Crippen LogP contribution is 2.31. The van der Waals surface area contributed by atoms with Gasteiger partial charge in [-0.15, -0.1) is 0 Å². The third-order valence-electron chi connectivity index (χ3n) is 3.09. The Morgan fingerprint density at radius 1 is 1.33 bits per heavy atom. The van der Waals surface area contributed by atoms with Crippen molar-refractivity contribution in [3.05, 3.63) is 60.6 Å². The third-order valence-corrected chi connectivity index (χ3v) is 3.09. The number of benzene rings is 1. The highest BCUT2D eigenvalue weighted by Gasteiger charge is 2.15. The van der Waals surface area contributed by atoms with Crippen molar-refractivity contribution in [2.45, 2.75) is 0 Å². The Morgan fingerprint density at radius 3 is 2.92 bits per heavy atom. The van der Waals surface area contributed by atoms with E-state index in [1.807, 2.05) is 0 Å². The molecular weight excluding hydrogens is 314 g/mol. The number of aliphatic hydroxyl groups excluding tert-OH is 1. The van der Waals surface area contributed by atoms with E-state index in [1.165, 1.54) is 18.9 Å². The summed E-state index contributed by atoms with van der Waals surface area (Å²) in [6.45, 7) is 0. The normalized spacial score (nSPS) is 11.3. The average molecular weight is 327 g/mol. The number of methoxy groups -OCH3 is 1. The molecule has 3 aromatic rings. The summed E-state index contributed by atoms with van der Waals surface area (Å²) in [5.74, 6) is 0.536. The lowest BCUT2D eigenvalue weighted by Gasteiger charge is -2.07. The number of allylic oxidation sites excluding steroid dienone is 1. The SMILES string of the molecule is COc1cccc(Oc2cocc2C(O)=CC(=O)c2ncn[nH]2)c1. The summed E-state index contributed by atoms with van der Waals surface area (Å²) in [5.41, 5.74) is 0.227. The molecule has 0 amide bonds. The van der Waals surface area contributed by atoms with E-state index in [-0.39, 0.29) is 22.9 Å². The lowest BCUT2D eigenvalue weighted by Crippen LogP contribution is -1.99. The highest BCUT2D eigenvalue weighted by molar-refractivity contribution is 6.05. The van der Waals surface area contributed by atoms with Crippen LogP contribution in [0, 0.1) is 0 Å². The summed E-state index contributed by atoms with van der Waals surface area (Å²) in [6, 6.07) is 6.94. The molecule has 1 aromatic carbocycles. The first-order valence-corrected chi connectivity index (χ1v) is 6.86. The molecule has 2 aromatic heterocycles. The largest absolute Gasteiger partial charge is 0.507 e. The Morgan fingerprint density at radius 2 is 2.17 bits per heavy atom. The van der Waals surface area contributed by atoms with E-state index in [0.717, 1.165) is 6.08 Å². The summed E-state index contributed by atoms with van der Waals surface area (Å²) in [4.78, 5) is 15.6. The van der Waals surface area contributed by atoms with E-state index in [1.54, 1.807) is 31.4 Å². The van der Waals surface area contributed by atoms with Gasteiger partial charge in [0.15, 0.2) is 11.6 Å². The van der Waals surface area contributed by atoms with Gasteiger partial charge in [-0.3, -0.25) is 9.89 Å². The zero-order valence-corrected chi connectivity index (χ0v) is 12.6. The first kappa shape index (κ1) is 15.3. The minimum atomic E-state index is -0.529. The van der Waals surface area contributed by atoms with Crippen molar-refractivity contribution in [3.63, 3.8) is 0 Å². The maximum atomic E-state index is 11.9. The van der Waals surface area contributed by atoms with Crippen LogP contribution in [0.15, 0.2) is 53.6 Å². The fourth-order valence-electron chi connectivity index (χ4n) is 1.94. The number of aromatic nitrogens is 3. The minimum Gasteiger partial charge on any atom is -0.507 e. The molecule has 0 radical (unpaired) electrons. The van der Waals surface area contributed by atoms with E-state index >= 15 is 0 Å². The van der Waals surface area contributed by atoms with Gasteiger partial charge in [0.05, 0.1) is 12.7 Å². The number of ether oxygens (including phenoxy) is 2. The number of carbonyl (C=O) groups excluding carboxylic acids is 1. The van der Waals surface area contributed by atoms with Crippen molar-refractivity contribution in [1.29, 1.82) is 0 Å². The molecule has 0 aliphatic heterocycles. The van der Waals surface area contributed by atoms with Crippen LogP contribution >= 0.6 is 0 Å². The molecule has 0 aliphatic rings. The van der Waals surface area contributed by atoms with Gasteiger partial charge >= 0.3 is 0 Å².